The number of carbonyl (C=O) groups is 1. The van der Waals surface area contributed by atoms with Crippen LogP contribution in [-0.2, 0) is 0 Å². The Morgan fingerprint density at radius 2 is 1.76 bits per heavy atom. The van der Waals surface area contributed by atoms with Gasteiger partial charge in [-0.2, -0.15) is 5.26 Å². The first kappa shape index (κ1) is 18.1. The average molecular weight is 377 g/mol. The molecule has 0 aliphatic heterocycles. The molecule has 1 N–H and O–H groups in total. The van der Waals surface area contributed by atoms with Crippen molar-refractivity contribution in [2.75, 3.05) is 0 Å². The van der Waals surface area contributed by atoms with E-state index in [0.717, 1.165) is 6.29 Å². The highest BCUT2D eigenvalue weighted by Crippen LogP contribution is 2.38. The largest absolute Gasteiger partial charge is 0.328 e. The number of rotatable bonds is 4. The van der Waals surface area contributed by atoms with Crippen LogP contribution in [0.4, 0.5) is 0 Å². The highest BCUT2D eigenvalue weighted by atomic mass is 16.1. The van der Waals surface area contributed by atoms with Crippen LogP contribution in [0.25, 0.3) is 33.5 Å². The topological polar surface area (TPSA) is 86.6 Å². The summed E-state index contributed by atoms with van der Waals surface area (Å²) in [7, 11) is 0. The van der Waals surface area contributed by atoms with E-state index in [4.69, 9.17) is 0 Å². The summed E-state index contributed by atoms with van der Waals surface area (Å²) in [5, 5.41) is 9.58. The molecule has 4 rings (SSSR count). The first-order valence-electron chi connectivity index (χ1n) is 8.95. The Hall–Kier alpha value is -4.30. The Balaban J connectivity index is 2.14. The fraction of sp³-hybridized carbons (Fsp3) is 0. The van der Waals surface area contributed by atoms with Crippen LogP contribution in [0.1, 0.15) is 15.9 Å². The van der Waals surface area contributed by atoms with Crippen molar-refractivity contribution in [3.05, 3.63) is 101 Å². The molecule has 5 nitrogen and oxygen atoms in total. The number of aromatic nitrogens is 2. The molecule has 5 heteroatoms. The van der Waals surface area contributed by atoms with E-state index in [9.17, 15) is 14.9 Å². The van der Waals surface area contributed by atoms with E-state index < -0.39 is 0 Å². The van der Waals surface area contributed by atoms with Crippen molar-refractivity contribution in [3.63, 3.8) is 0 Å². The van der Waals surface area contributed by atoms with E-state index in [0.29, 0.717) is 44.6 Å². The third-order valence-electron chi connectivity index (χ3n) is 4.66. The third kappa shape index (κ3) is 3.35. The number of benzene rings is 2. The molecule has 0 bridgehead atoms. The number of carbonyl (C=O) groups excluding carboxylic acids is 1. The maximum Gasteiger partial charge on any atom is 0.256 e. The summed E-state index contributed by atoms with van der Waals surface area (Å²) in [5.41, 5.74) is 4.16. The van der Waals surface area contributed by atoms with E-state index in [-0.39, 0.29) is 5.56 Å². The molecule has 0 unspecified atom stereocenters. The van der Waals surface area contributed by atoms with Gasteiger partial charge in [-0.1, -0.05) is 42.5 Å². The van der Waals surface area contributed by atoms with Gasteiger partial charge < -0.3 is 4.98 Å². The molecular formula is C24H15N3O2. The molecule has 29 heavy (non-hydrogen) atoms. The summed E-state index contributed by atoms with van der Waals surface area (Å²) in [6.45, 7) is 0. The minimum absolute atomic E-state index is 0.320. The summed E-state index contributed by atoms with van der Waals surface area (Å²) >= 11 is 0. The van der Waals surface area contributed by atoms with Crippen LogP contribution in [0.15, 0.2) is 83.9 Å². The Morgan fingerprint density at radius 3 is 2.52 bits per heavy atom. The maximum absolute atomic E-state index is 13.0. The summed E-state index contributed by atoms with van der Waals surface area (Å²) in [5.74, 6) is 0. The van der Waals surface area contributed by atoms with E-state index in [2.05, 4.69) is 16.0 Å². The smallest absolute Gasteiger partial charge is 0.256 e. The second-order valence-electron chi connectivity index (χ2n) is 6.40. The fourth-order valence-electron chi connectivity index (χ4n) is 3.38. The van der Waals surface area contributed by atoms with Crippen molar-refractivity contribution in [2.45, 2.75) is 0 Å². The molecule has 0 aliphatic rings. The quantitative estimate of drug-likeness (QED) is 0.532. The molecule has 138 valence electrons. The number of nitrogens with one attached hydrogen (secondary N) is 1. The lowest BCUT2D eigenvalue weighted by Crippen LogP contribution is -2.12. The fourth-order valence-corrected chi connectivity index (χ4v) is 3.38. The number of aldehydes is 1. The molecule has 2 heterocycles. The van der Waals surface area contributed by atoms with Gasteiger partial charge in [-0.25, -0.2) is 0 Å². The van der Waals surface area contributed by atoms with Crippen LogP contribution in [0.2, 0.25) is 0 Å². The van der Waals surface area contributed by atoms with Crippen LogP contribution in [0.3, 0.4) is 0 Å². The van der Waals surface area contributed by atoms with Gasteiger partial charge >= 0.3 is 0 Å². The second kappa shape index (κ2) is 7.75. The van der Waals surface area contributed by atoms with Gasteiger partial charge in [0.25, 0.3) is 5.56 Å². The SMILES string of the molecule is N#Cc1ccccc1-c1c(-c2cccc(C=O)c2)c(-c2ccccn2)c[nH]c1=O. The molecule has 2 aromatic heterocycles. The zero-order valence-corrected chi connectivity index (χ0v) is 15.3. The van der Waals surface area contributed by atoms with Crippen LogP contribution < -0.4 is 5.56 Å². The minimum Gasteiger partial charge on any atom is -0.328 e. The molecular weight excluding hydrogens is 362 g/mol. The average Bonchev–Trinajstić information content (AvgIpc) is 2.79. The normalized spacial score (nSPS) is 10.3. The number of nitrogens with zero attached hydrogens (tertiary/aromatic N) is 2. The molecule has 0 spiro atoms. The van der Waals surface area contributed by atoms with Crippen molar-refractivity contribution in [2.24, 2.45) is 0 Å². The van der Waals surface area contributed by atoms with Gasteiger partial charge in [0.1, 0.15) is 6.29 Å². The molecule has 0 saturated heterocycles. The van der Waals surface area contributed by atoms with Crippen molar-refractivity contribution < 1.29 is 4.79 Å². The van der Waals surface area contributed by atoms with Gasteiger partial charge in [0.05, 0.1) is 22.9 Å². The van der Waals surface area contributed by atoms with Gasteiger partial charge in [-0.3, -0.25) is 14.6 Å². The Morgan fingerprint density at radius 1 is 0.931 bits per heavy atom. The third-order valence-corrected chi connectivity index (χ3v) is 4.66. The lowest BCUT2D eigenvalue weighted by molar-refractivity contribution is 0.112. The number of pyridine rings is 2. The second-order valence-corrected chi connectivity index (χ2v) is 6.40. The van der Waals surface area contributed by atoms with Crippen molar-refractivity contribution in [3.8, 4) is 39.6 Å². The van der Waals surface area contributed by atoms with E-state index in [1.54, 1.807) is 54.9 Å². The zero-order valence-electron chi connectivity index (χ0n) is 15.3. The van der Waals surface area contributed by atoms with Crippen molar-refractivity contribution >= 4 is 6.29 Å². The van der Waals surface area contributed by atoms with Crippen LogP contribution >= 0.6 is 0 Å². The molecule has 0 amide bonds. The first-order valence-corrected chi connectivity index (χ1v) is 8.95. The summed E-state index contributed by atoms with van der Waals surface area (Å²) in [4.78, 5) is 31.5. The van der Waals surface area contributed by atoms with Crippen molar-refractivity contribution in [1.29, 1.82) is 5.26 Å². The van der Waals surface area contributed by atoms with Gasteiger partial charge in [-0.15, -0.1) is 0 Å². The highest BCUT2D eigenvalue weighted by Gasteiger charge is 2.20. The van der Waals surface area contributed by atoms with E-state index >= 15 is 0 Å². The predicted octanol–water partition coefficient (Wildman–Crippen LogP) is 4.46. The molecule has 0 radical (unpaired) electrons. The van der Waals surface area contributed by atoms with E-state index in [1.807, 2.05) is 24.3 Å². The minimum atomic E-state index is -0.320. The van der Waals surface area contributed by atoms with E-state index in [1.165, 1.54) is 0 Å². The van der Waals surface area contributed by atoms with Gasteiger partial charge in [-0.05, 0) is 29.8 Å². The number of nitriles is 1. The Labute approximate surface area is 166 Å². The molecule has 2 aromatic carbocycles. The Kier molecular flexibility index (Phi) is 4.83. The number of H-pyrrole nitrogens is 1. The van der Waals surface area contributed by atoms with Crippen molar-refractivity contribution in [1.82, 2.24) is 9.97 Å². The number of aromatic amines is 1. The standard InChI is InChI=1S/C24H15N3O2/c25-13-18-7-1-2-9-19(18)23-22(17-8-5-6-16(12-17)15-28)20(14-27-24(23)29)21-10-3-4-11-26-21/h1-12,14-15H,(H,27,29). The molecule has 4 aromatic rings. The lowest BCUT2D eigenvalue weighted by Gasteiger charge is -2.15. The molecule has 0 saturated carbocycles. The predicted molar refractivity (Wildman–Crippen MR) is 111 cm³/mol. The zero-order chi connectivity index (χ0) is 20.2. The van der Waals surface area contributed by atoms with Gasteiger partial charge in [0.2, 0.25) is 0 Å². The van der Waals surface area contributed by atoms with Crippen LogP contribution in [-0.4, -0.2) is 16.3 Å². The van der Waals surface area contributed by atoms with Gasteiger partial charge in [0.15, 0.2) is 0 Å². The summed E-state index contributed by atoms with van der Waals surface area (Å²) < 4.78 is 0. The summed E-state index contributed by atoms with van der Waals surface area (Å²) in [6.07, 6.45) is 4.06. The van der Waals surface area contributed by atoms with Gasteiger partial charge in [0, 0.05) is 34.6 Å². The van der Waals surface area contributed by atoms with Crippen LogP contribution in [0, 0.1) is 11.3 Å². The lowest BCUT2D eigenvalue weighted by atomic mass is 9.89. The molecule has 0 aliphatic carbocycles. The van der Waals surface area contributed by atoms with Crippen LogP contribution in [0.5, 0.6) is 0 Å². The monoisotopic (exact) mass is 377 g/mol. The molecule has 0 fully saturated rings. The summed E-state index contributed by atoms with van der Waals surface area (Å²) in [6, 6.07) is 21.7. The number of hydrogen-bond acceptors (Lipinski definition) is 4. The Bertz CT molecular complexity index is 1300. The maximum atomic E-state index is 13.0. The molecule has 0 atom stereocenters. The highest BCUT2D eigenvalue weighted by molar-refractivity contribution is 5.95. The first-order chi connectivity index (χ1) is 14.2. The number of hydrogen-bond donors (Lipinski definition) is 1.